The summed E-state index contributed by atoms with van der Waals surface area (Å²) >= 11 is 0. The number of ether oxygens (including phenoxy) is 1. The average molecular weight is 266 g/mol. The van der Waals surface area contributed by atoms with Gasteiger partial charge in [0, 0.05) is 5.30 Å². The number of carbonyl (C=O) groups excluding carboxylic acids is 1. The van der Waals surface area contributed by atoms with Gasteiger partial charge in [0.15, 0.2) is 8.46 Å². The molecule has 0 aliphatic heterocycles. The third-order valence-electron chi connectivity index (χ3n) is 3.39. The fourth-order valence-electron chi connectivity index (χ4n) is 2.26. The maximum atomic E-state index is 12.3. The zero-order chi connectivity index (χ0) is 13.6. The first-order valence-corrected chi connectivity index (χ1v) is 7.07. The van der Waals surface area contributed by atoms with E-state index in [0.29, 0.717) is 24.8 Å². The fraction of sp³-hybridized carbons (Fsp3) is 0.500. The van der Waals surface area contributed by atoms with Gasteiger partial charge in [-0.1, -0.05) is 32.0 Å². The summed E-state index contributed by atoms with van der Waals surface area (Å²) in [4.78, 5) is 12.3. The molecule has 0 fully saturated rings. The molecule has 0 aromatic heterocycles. The Morgan fingerprint density at radius 1 is 1.22 bits per heavy atom. The molecule has 0 amide bonds. The van der Waals surface area contributed by atoms with Crippen LogP contribution in [-0.2, 0) is 19.5 Å². The van der Waals surface area contributed by atoms with Crippen molar-refractivity contribution in [2.75, 3.05) is 6.61 Å². The maximum absolute atomic E-state index is 12.3. The number of carbonyl (C=O) groups is 1. The van der Waals surface area contributed by atoms with Crippen LogP contribution >= 0.6 is 8.46 Å². The Balaban J connectivity index is 3.34. The van der Waals surface area contributed by atoms with Gasteiger partial charge in [-0.2, -0.15) is 0 Å². The minimum absolute atomic E-state index is 0.0619. The molecule has 0 atom stereocenters. The molecule has 0 aliphatic carbocycles. The molecule has 0 saturated carbocycles. The van der Waals surface area contributed by atoms with Gasteiger partial charge in [-0.3, -0.25) is 9.36 Å². The van der Waals surface area contributed by atoms with Gasteiger partial charge in [-0.05, 0) is 31.4 Å². The van der Waals surface area contributed by atoms with E-state index in [1.165, 1.54) is 0 Å². The molecule has 0 N–H and O–H groups in total. The molecule has 98 valence electrons. The van der Waals surface area contributed by atoms with Crippen molar-refractivity contribution in [2.24, 2.45) is 0 Å². The van der Waals surface area contributed by atoms with Crippen LogP contribution in [0.4, 0.5) is 0 Å². The van der Waals surface area contributed by atoms with Gasteiger partial charge in [0.25, 0.3) is 0 Å². The summed E-state index contributed by atoms with van der Waals surface area (Å²) in [7, 11) is -0.0619. The topological polar surface area (TPSA) is 43.4 Å². The molecule has 0 bridgehead atoms. The first kappa shape index (κ1) is 14.8. The quantitative estimate of drug-likeness (QED) is 0.586. The van der Waals surface area contributed by atoms with Crippen molar-refractivity contribution < 1.29 is 14.1 Å². The van der Waals surface area contributed by atoms with Crippen molar-refractivity contribution in [2.45, 2.75) is 39.0 Å². The highest BCUT2D eigenvalue weighted by atomic mass is 31.1. The normalized spacial score (nSPS) is 11.5. The van der Waals surface area contributed by atoms with E-state index in [1.807, 2.05) is 32.0 Å². The van der Waals surface area contributed by atoms with Crippen LogP contribution in [0.15, 0.2) is 24.3 Å². The Hall–Kier alpha value is -1.21. The molecule has 0 unspecified atom stereocenters. The Bertz CT molecular complexity index is 425. The summed E-state index contributed by atoms with van der Waals surface area (Å²) in [6, 6.07) is 7.33. The van der Waals surface area contributed by atoms with E-state index >= 15 is 0 Å². The van der Waals surface area contributed by atoms with Crippen LogP contribution in [-0.4, -0.2) is 12.6 Å². The number of benzene rings is 1. The molecule has 0 heterocycles. The van der Waals surface area contributed by atoms with Crippen molar-refractivity contribution >= 4 is 19.7 Å². The molecule has 0 aliphatic rings. The number of hydrogen-bond acceptors (Lipinski definition) is 3. The average Bonchev–Trinajstić information content (AvgIpc) is 2.41. The zero-order valence-corrected chi connectivity index (χ0v) is 12.0. The van der Waals surface area contributed by atoms with Gasteiger partial charge in [0.2, 0.25) is 0 Å². The summed E-state index contributed by atoms with van der Waals surface area (Å²) in [6.07, 6.45) is 1.27. The maximum Gasteiger partial charge on any atom is 0.316 e. The largest absolute Gasteiger partial charge is 0.465 e. The van der Waals surface area contributed by atoms with Gasteiger partial charge >= 0.3 is 5.97 Å². The van der Waals surface area contributed by atoms with E-state index in [-0.39, 0.29) is 14.4 Å². The molecule has 1 rings (SSSR count). The lowest BCUT2D eigenvalue weighted by Gasteiger charge is -2.30. The van der Waals surface area contributed by atoms with E-state index in [0.717, 1.165) is 5.56 Å². The van der Waals surface area contributed by atoms with Crippen LogP contribution in [0.5, 0.6) is 0 Å². The van der Waals surface area contributed by atoms with Gasteiger partial charge in [0.1, 0.15) is 0 Å². The van der Waals surface area contributed by atoms with Crippen molar-refractivity contribution in [1.82, 2.24) is 0 Å². The fourth-order valence-corrected chi connectivity index (χ4v) is 2.79. The molecular weight excluding hydrogens is 247 g/mol. The lowest BCUT2D eigenvalue weighted by molar-refractivity contribution is -0.150. The lowest BCUT2D eigenvalue weighted by Crippen LogP contribution is -2.39. The van der Waals surface area contributed by atoms with Gasteiger partial charge in [0.05, 0.1) is 12.0 Å². The molecule has 3 nitrogen and oxygen atoms in total. The minimum atomic E-state index is -0.690. The minimum Gasteiger partial charge on any atom is -0.465 e. The lowest BCUT2D eigenvalue weighted by atomic mass is 9.76. The highest BCUT2D eigenvalue weighted by Gasteiger charge is 2.39. The molecule has 4 heteroatoms. The molecule has 0 spiro atoms. The van der Waals surface area contributed by atoms with E-state index in [1.54, 1.807) is 13.0 Å². The first-order chi connectivity index (χ1) is 8.66. The van der Waals surface area contributed by atoms with Gasteiger partial charge < -0.3 is 4.74 Å². The third-order valence-corrected chi connectivity index (χ3v) is 3.98. The summed E-state index contributed by atoms with van der Waals surface area (Å²) in [5.41, 5.74) is 0.120. The van der Waals surface area contributed by atoms with Crippen molar-refractivity contribution in [3.05, 3.63) is 29.8 Å². The van der Waals surface area contributed by atoms with Gasteiger partial charge in [-0.15, -0.1) is 0 Å². The second kappa shape index (κ2) is 6.65. The van der Waals surface area contributed by atoms with Crippen molar-refractivity contribution in [1.29, 1.82) is 0 Å². The zero-order valence-electron chi connectivity index (χ0n) is 11.1. The van der Waals surface area contributed by atoms with Crippen LogP contribution in [0.3, 0.4) is 0 Å². The Labute approximate surface area is 110 Å². The number of hydrogen-bond donors (Lipinski definition) is 0. The molecule has 1 aromatic rings. The Morgan fingerprint density at radius 3 is 2.33 bits per heavy atom. The van der Waals surface area contributed by atoms with Crippen LogP contribution in [0.2, 0.25) is 0 Å². The van der Waals surface area contributed by atoms with Crippen LogP contribution < -0.4 is 5.30 Å². The molecule has 1 aromatic carbocycles. The van der Waals surface area contributed by atoms with E-state index < -0.39 is 5.41 Å². The summed E-state index contributed by atoms with van der Waals surface area (Å²) in [5.74, 6) is -0.230. The Kier molecular flexibility index (Phi) is 5.49. The molecule has 0 radical (unpaired) electrons. The van der Waals surface area contributed by atoms with Crippen molar-refractivity contribution in [3.8, 4) is 0 Å². The SMILES string of the molecule is CCOC(=O)C(CC)(CC)c1ccccc1P=O. The Morgan fingerprint density at radius 2 is 1.83 bits per heavy atom. The standard InChI is InChI=1S/C14H19O3P/c1-4-14(5-2,13(15)17-6-3)11-9-7-8-10-12(11)18-16/h7-10H,4-6H2,1-3H3. The van der Waals surface area contributed by atoms with Crippen LogP contribution in [0.25, 0.3) is 0 Å². The first-order valence-electron chi connectivity index (χ1n) is 6.26. The van der Waals surface area contributed by atoms with Crippen molar-refractivity contribution in [3.63, 3.8) is 0 Å². The number of rotatable bonds is 6. The third kappa shape index (κ3) is 2.62. The second-order valence-corrected chi connectivity index (χ2v) is 4.78. The highest BCUT2D eigenvalue weighted by Crippen LogP contribution is 2.33. The molecule has 18 heavy (non-hydrogen) atoms. The number of esters is 1. The second-order valence-electron chi connectivity index (χ2n) is 4.12. The van der Waals surface area contributed by atoms with E-state index in [9.17, 15) is 9.36 Å². The van der Waals surface area contributed by atoms with E-state index in [2.05, 4.69) is 0 Å². The monoisotopic (exact) mass is 266 g/mol. The van der Waals surface area contributed by atoms with Crippen LogP contribution in [0.1, 0.15) is 39.2 Å². The molecular formula is C14H19O3P. The summed E-state index contributed by atoms with van der Waals surface area (Å²) in [6.45, 7) is 6.07. The molecule has 0 saturated heterocycles. The predicted molar refractivity (Wildman–Crippen MR) is 72.6 cm³/mol. The van der Waals surface area contributed by atoms with Gasteiger partial charge in [-0.25, -0.2) is 0 Å². The predicted octanol–water partition coefficient (Wildman–Crippen LogP) is 3.22. The smallest absolute Gasteiger partial charge is 0.316 e. The van der Waals surface area contributed by atoms with E-state index in [4.69, 9.17) is 4.74 Å². The van der Waals surface area contributed by atoms with Crippen LogP contribution in [0, 0.1) is 0 Å². The highest BCUT2D eigenvalue weighted by molar-refractivity contribution is 7.34. The summed E-state index contributed by atoms with van der Waals surface area (Å²) in [5, 5.41) is 0.661. The summed E-state index contributed by atoms with van der Waals surface area (Å²) < 4.78 is 16.4.